The lowest BCUT2D eigenvalue weighted by Crippen LogP contribution is -2.38. The number of sulfonamides is 1. The molecule has 0 radical (unpaired) electrons. The molecule has 0 spiro atoms. The maximum atomic E-state index is 13.0. The Labute approximate surface area is 359 Å². The SMILES string of the molecule is COc1c(NC(=O)Nc2ccc(OC)c3ccccc23)cc(C(C)(C)C)cc1NS(C)(=O)=O.COc1cc(Cc2cc(C)ccn2)cc(C(=O)NCCCN2CCOCC2)c1. The highest BCUT2D eigenvalue weighted by atomic mass is 32.2. The Hall–Kier alpha value is -5.90. The summed E-state index contributed by atoms with van der Waals surface area (Å²) in [6.45, 7) is 13.2. The Balaban J connectivity index is 0.000000234. The van der Waals surface area contributed by atoms with E-state index in [1.807, 2.05) is 76.4 Å². The molecule has 0 saturated carbocycles. The van der Waals surface area contributed by atoms with E-state index in [0.29, 0.717) is 41.4 Å². The predicted molar refractivity (Wildman–Crippen MR) is 242 cm³/mol. The largest absolute Gasteiger partial charge is 0.497 e. The number of pyridine rings is 1. The number of aryl methyl sites for hydroxylation is 1. The molecule has 0 atom stereocenters. The zero-order valence-corrected chi connectivity index (χ0v) is 37.1. The standard InChI is InChI=1S/C24H29N3O5S.C22H29N3O3/c1-24(2,3)15-13-19(22(32-5)20(14-15)27-33(6,29)30)26-23(28)25-18-11-12-21(31-4)17-10-8-7-9-16(17)18;1-17-4-6-23-20(12-17)14-18-13-19(16-21(15-18)27-2)22(26)24-5-3-7-25-8-10-28-11-9-25/h7-14,27H,1-6H3,(H2,25,26,28);4,6,12-13,15-16H,3,5,7-11,14H2,1-2H3,(H,24,26). The fourth-order valence-electron chi connectivity index (χ4n) is 6.83. The van der Waals surface area contributed by atoms with Gasteiger partial charge in [0.1, 0.15) is 11.5 Å². The van der Waals surface area contributed by atoms with Gasteiger partial charge in [-0.15, -0.1) is 0 Å². The normalized spacial score (nSPS) is 13.0. The molecular formula is C46H58N6O8S. The van der Waals surface area contributed by atoms with Crippen LogP contribution in [0.2, 0.25) is 0 Å². The Bertz CT molecular complexity index is 2410. The van der Waals surface area contributed by atoms with Gasteiger partial charge in [-0.25, -0.2) is 13.2 Å². The van der Waals surface area contributed by atoms with E-state index in [1.165, 1.54) is 12.7 Å². The molecule has 14 nitrogen and oxygen atoms in total. The second-order valence-electron chi connectivity index (χ2n) is 15.8. The van der Waals surface area contributed by atoms with E-state index in [4.69, 9.17) is 18.9 Å². The van der Waals surface area contributed by atoms with Crippen LogP contribution in [0.15, 0.2) is 85.1 Å². The van der Waals surface area contributed by atoms with E-state index in [9.17, 15) is 18.0 Å². The molecule has 4 N–H and O–H groups in total. The van der Waals surface area contributed by atoms with Crippen LogP contribution in [0.5, 0.6) is 17.2 Å². The number of carbonyl (C=O) groups is 2. The highest BCUT2D eigenvalue weighted by molar-refractivity contribution is 7.92. The number of aromatic nitrogens is 1. The van der Waals surface area contributed by atoms with Crippen molar-refractivity contribution in [3.63, 3.8) is 0 Å². The molecule has 0 aliphatic carbocycles. The van der Waals surface area contributed by atoms with Gasteiger partial charge in [0.15, 0.2) is 5.75 Å². The maximum absolute atomic E-state index is 13.0. The first-order chi connectivity index (χ1) is 29.1. The maximum Gasteiger partial charge on any atom is 0.323 e. The quantitative estimate of drug-likeness (QED) is 0.0816. The molecule has 6 rings (SSSR count). The molecular weight excluding hydrogens is 797 g/mol. The number of anilines is 3. The Morgan fingerprint density at radius 3 is 2.20 bits per heavy atom. The van der Waals surface area contributed by atoms with Crippen molar-refractivity contribution >= 4 is 49.8 Å². The number of nitrogens with zero attached hydrogens (tertiary/aromatic N) is 2. The summed E-state index contributed by atoms with van der Waals surface area (Å²) in [5, 5.41) is 10.4. The highest BCUT2D eigenvalue weighted by Gasteiger charge is 2.23. The lowest BCUT2D eigenvalue weighted by atomic mass is 9.86. The highest BCUT2D eigenvalue weighted by Crippen LogP contribution is 2.39. The van der Waals surface area contributed by atoms with Gasteiger partial charge in [0.25, 0.3) is 5.91 Å². The van der Waals surface area contributed by atoms with Gasteiger partial charge in [-0.3, -0.25) is 19.4 Å². The first-order valence-electron chi connectivity index (χ1n) is 20.1. The number of carbonyl (C=O) groups excluding carboxylic acids is 2. The summed E-state index contributed by atoms with van der Waals surface area (Å²) in [5.74, 6) is 1.53. The second-order valence-corrected chi connectivity index (χ2v) is 17.6. The van der Waals surface area contributed by atoms with Crippen molar-refractivity contribution in [2.24, 2.45) is 0 Å². The Morgan fingerprint density at radius 2 is 1.54 bits per heavy atom. The zero-order valence-electron chi connectivity index (χ0n) is 36.3. The number of urea groups is 1. The number of nitrogens with one attached hydrogen (secondary N) is 4. The third-order valence-corrected chi connectivity index (χ3v) is 10.5. The van der Waals surface area contributed by atoms with Crippen molar-refractivity contribution in [2.45, 2.75) is 46.0 Å². The number of rotatable bonds is 14. The second kappa shape index (κ2) is 21.1. The Morgan fingerprint density at radius 1 is 0.836 bits per heavy atom. The number of fused-ring (bicyclic) bond motifs is 1. The third-order valence-electron chi connectivity index (χ3n) is 9.92. The van der Waals surface area contributed by atoms with Crippen molar-refractivity contribution in [3.05, 3.63) is 113 Å². The van der Waals surface area contributed by atoms with Gasteiger partial charge in [-0.1, -0.05) is 45.0 Å². The number of benzene rings is 4. The van der Waals surface area contributed by atoms with Gasteiger partial charge in [0.2, 0.25) is 10.0 Å². The Kier molecular flexibility index (Phi) is 15.9. The predicted octanol–water partition coefficient (Wildman–Crippen LogP) is 7.61. The number of hydrogen-bond acceptors (Lipinski definition) is 10. The molecule has 1 saturated heterocycles. The van der Waals surface area contributed by atoms with Crippen LogP contribution < -0.4 is 34.9 Å². The van der Waals surface area contributed by atoms with Crippen LogP contribution in [0.3, 0.4) is 0 Å². The fraction of sp³-hybridized carbons (Fsp3) is 0.370. The topological polar surface area (TPSA) is 169 Å². The van der Waals surface area contributed by atoms with E-state index in [0.717, 1.165) is 73.1 Å². The van der Waals surface area contributed by atoms with Gasteiger partial charge < -0.3 is 34.9 Å². The molecule has 3 amide bonds. The zero-order chi connectivity index (χ0) is 44.2. The van der Waals surface area contributed by atoms with E-state index >= 15 is 0 Å². The van der Waals surface area contributed by atoms with Crippen molar-refractivity contribution < 1.29 is 37.0 Å². The summed E-state index contributed by atoms with van der Waals surface area (Å²) in [7, 11) is 1.06. The van der Waals surface area contributed by atoms with Gasteiger partial charge in [0.05, 0.1) is 57.9 Å². The molecule has 5 aromatic rings. The van der Waals surface area contributed by atoms with Crippen LogP contribution in [0, 0.1) is 6.92 Å². The first kappa shape index (κ1) is 46.2. The van der Waals surface area contributed by atoms with Crippen LogP contribution in [-0.4, -0.2) is 97.2 Å². The number of methoxy groups -OCH3 is 3. The van der Waals surface area contributed by atoms with Crippen LogP contribution >= 0.6 is 0 Å². The van der Waals surface area contributed by atoms with Gasteiger partial charge in [0, 0.05) is 54.3 Å². The smallest absolute Gasteiger partial charge is 0.323 e. The van der Waals surface area contributed by atoms with E-state index in [1.54, 1.807) is 44.6 Å². The minimum Gasteiger partial charge on any atom is -0.497 e. The number of morpholine rings is 1. The summed E-state index contributed by atoms with van der Waals surface area (Å²) in [4.78, 5) is 32.3. The fourth-order valence-corrected chi connectivity index (χ4v) is 7.38. The molecule has 326 valence electrons. The van der Waals surface area contributed by atoms with E-state index < -0.39 is 16.1 Å². The van der Waals surface area contributed by atoms with Gasteiger partial charge in [-0.2, -0.15) is 0 Å². The average molecular weight is 855 g/mol. The lowest BCUT2D eigenvalue weighted by molar-refractivity contribution is 0.0374. The summed E-state index contributed by atoms with van der Waals surface area (Å²) in [6.07, 6.45) is 4.46. The molecule has 2 heterocycles. The minimum absolute atomic E-state index is 0.0701. The van der Waals surface area contributed by atoms with E-state index in [-0.39, 0.29) is 22.8 Å². The van der Waals surface area contributed by atoms with Crippen LogP contribution in [0.1, 0.15) is 59.9 Å². The molecule has 1 fully saturated rings. The molecule has 0 bridgehead atoms. The van der Waals surface area contributed by atoms with Crippen molar-refractivity contribution in [3.8, 4) is 17.2 Å². The first-order valence-corrected chi connectivity index (χ1v) is 22.0. The lowest BCUT2D eigenvalue weighted by Gasteiger charge is -2.26. The van der Waals surface area contributed by atoms with Crippen LogP contribution in [0.25, 0.3) is 10.8 Å². The summed E-state index contributed by atoms with van der Waals surface area (Å²) in [6, 6.07) is 23.8. The number of ether oxygens (including phenoxy) is 4. The minimum atomic E-state index is -3.57. The monoisotopic (exact) mass is 854 g/mol. The molecule has 15 heteroatoms. The number of amides is 3. The summed E-state index contributed by atoms with van der Waals surface area (Å²) < 4.78 is 47.9. The van der Waals surface area contributed by atoms with Crippen molar-refractivity contribution in [1.82, 2.24) is 15.2 Å². The van der Waals surface area contributed by atoms with Crippen LogP contribution in [-0.2, 0) is 26.6 Å². The molecule has 0 unspecified atom stereocenters. The van der Waals surface area contributed by atoms with Crippen LogP contribution in [0.4, 0.5) is 21.9 Å². The summed E-state index contributed by atoms with van der Waals surface area (Å²) >= 11 is 0. The van der Waals surface area contributed by atoms with E-state index in [2.05, 4.69) is 36.6 Å². The van der Waals surface area contributed by atoms with Gasteiger partial charge in [-0.05, 0) is 96.6 Å². The van der Waals surface area contributed by atoms with Crippen molar-refractivity contribution in [2.75, 3.05) is 82.3 Å². The number of hydrogen-bond donors (Lipinski definition) is 4. The summed E-state index contributed by atoms with van der Waals surface area (Å²) in [5.41, 5.74) is 5.48. The molecule has 1 aromatic heterocycles. The third kappa shape index (κ3) is 13.6. The molecule has 4 aromatic carbocycles. The average Bonchev–Trinajstić information content (AvgIpc) is 3.22. The molecule has 1 aliphatic heterocycles. The molecule has 61 heavy (non-hydrogen) atoms. The molecule has 1 aliphatic rings. The van der Waals surface area contributed by atoms with Crippen molar-refractivity contribution in [1.29, 1.82) is 0 Å². The van der Waals surface area contributed by atoms with Gasteiger partial charge >= 0.3 is 6.03 Å².